The van der Waals surface area contributed by atoms with Crippen LogP contribution < -0.4 is 26.4 Å². The number of urea groups is 1. The van der Waals surface area contributed by atoms with Crippen molar-refractivity contribution in [2.24, 2.45) is 7.05 Å². The molecule has 0 saturated carbocycles. The van der Waals surface area contributed by atoms with E-state index in [2.05, 4.69) is 39.7 Å². The van der Waals surface area contributed by atoms with Gasteiger partial charge in [0.25, 0.3) is 5.91 Å². The number of likely N-dealkylation sites (N-methyl/N-ethyl adjacent to an activating group) is 1. The van der Waals surface area contributed by atoms with Crippen LogP contribution in [0.15, 0.2) is 60.1 Å². The summed E-state index contributed by atoms with van der Waals surface area (Å²) in [5.41, 5.74) is 10.7. The number of methoxy groups -OCH3 is 1. The van der Waals surface area contributed by atoms with Crippen molar-refractivity contribution in [1.82, 2.24) is 19.8 Å². The molecule has 0 radical (unpaired) electrons. The monoisotopic (exact) mass is 585 g/mol. The lowest BCUT2D eigenvalue weighted by atomic mass is 10.0. The van der Waals surface area contributed by atoms with E-state index in [4.69, 9.17) is 10.5 Å². The number of nitrogens with zero attached hydrogens (tertiary/aromatic N) is 3. The number of ether oxygens (including phenoxy) is 1. The van der Waals surface area contributed by atoms with Crippen LogP contribution in [0, 0.1) is 0 Å². The van der Waals surface area contributed by atoms with Gasteiger partial charge in [-0.15, -0.1) is 11.3 Å². The molecule has 42 heavy (non-hydrogen) atoms. The molecule has 2 aromatic carbocycles. The van der Waals surface area contributed by atoms with Gasteiger partial charge in [0.15, 0.2) is 0 Å². The summed E-state index contributed by atoms with van der Waals surface area (Å²) in [6.07, 6.45) is 1.58. The predicted octanol–water partition coefficient (Wildman–Crippen LogP) is 5.76. The lowest BCUT2D eigenvalue weighted by Gasteiger charge is -2.18. The van der Waals surface area contributed by atoms with E-state index in [1.165, 1.54) is 11.3 Å². The van der Waals surface area contributed by atoms with Gasteiger partial charge in [0, 0.05) is 47.4 Å². The van der Waals surface area contributed by atoms with Crippen LogP contribution in [0.25, 0.3) is 32.1 Å². The first kappa shape index (κ1) is 28.9. The van der Waals surface area contributed by atoms with Gasteiger partial charge in [-0.1, -0.05) is 38.1 Å². The van der Waals surface area contributed by atoms with E-state index in [-0.39, 0.29) is 11.9 Å². The van der Waals surface area contributed by atoms with E-state index < -0.39 is 0 Å². The summed E-state index contributed by atoms with van der Waals surface area (Å²) in [6, 6.07) is 15.0. The van der Waals surface area contributed by atoms with Crippen LogP contribution in [-0.4, -0.2) is 59.7 Å². The summed E-state index contributed by atoms with van der Waals surface area (Å²) in [4.78, 5) is 32.4. The molecular formula is C31H35N7O3S. The van der Waals surface area contributed by atoms with Crippen molar-refractivity contribution in [3.05, 3.63) is 65.8 Å². The first-order valence-electron chi connectivity index (χ1n) is 13.8. The van der Waals surface area contributed by atoms with Crippen molar-refractivity contribution < 1.29 is 14.3 Å². The zero-order valence-electron chi connectivity index (χ0n) is 24.2. The average molecular weight is 586 g/mol. The van der Waals surface area contributed by atoms with Crippen molar-refractivity contribution in [3.8, 4) is 16.9 Å². The summed E-state index contributed by atoms with van der Waals surface area (Å²) in [5.74, 6) is 0.633. The molecule has 0 bridgehead atoms. The molecule has 0 spiro atoms. The van der Waals surface area contributed by atoms with Crippen LogP contribution in [0.2, 0.25) is 0 Å². The molecule has 3 heterocycles. The molecule has 0 aliphatic carbocycles. The number of carbonyl (C=O) groups is 2. The molecular weight excluding hydrogens is 550 g/mol. The largest absolute Gasteiger partial charge is 0.495 e. The molecule has 0 atom stereocenters. The van der Waals surface area contributed by atoms with Crippen molar-refractivity contribution in [3.63, 3.8) is 0 Å². The summed E-state index contributed by atoms with van der Waals surface area (Å²) >= 11 is 1.47. The van der Waals surface area contributed by atoms with E-state index in [9.17, 15) is 9.59 Å². The van der Waals surface area contributed by atoms with E-state index in [1.54, 1.807) is 13.3 Å². The second-order valence-electron chi connectivity index (χ2n) is 9.83. The lowest BCUT2D eigenvalue weighted by molar-refractivity contribution is 0.101. The molecule has 218 valence electrons. The highest BCUT2D eigenvalue weighted by Crippen LogP contribution is 2.42. The van der Waals surface area contributed by atoms with Crippen LogP contribution >= 0.6 is 11.3 Å². The summed E-state index contributed by atoms with van der Waals surface area (Å²) in [7, 11) is 3.44. The molecule has 3 amide bonds. The number of hydrogen-bond donors (Lipinski definition) is 4. The Labute approximate surface area is 248 Å². The van der Waals surface area contributed by atoms with Crippen LogP contribution in [0.1, 0.15) is 24.3 Å². The number of fused-ring (bicyclic) bond motifs is 2. The molecule has 5 N–H and O–H groups in total. The van der Waals surface area contributed by atoms with Gasteiger partial charge < -0.3 is 35.9 Å². The molecule has 3 aromatic heterocycles. The van der Waals surface area contributed by atoms with E-state index in [0.29, 0.717) is 35.2 Å². The SMILES string of the molecule is CCN(CC)CCNC(=O)Nc1cnc(N)c2c(-c3ccc(NC(=O)c4cc5ccccc5n4C)c(OC)c3)csc12. The first-order chi connectivity index (χ1) is 20.3. The van der Waals surface area contributed by atoms with Gasteiger partial charge in [0.2, 0.25) is 0 Å². The highest BCUT2D eigenvalue weighted by atomic mass is 32.1. The number of nitrogen functional groups attached to an aromatic ring is 1. The molecule has 11 heteroatoms. The number of rotatable bonds is 10. The number of nitrogens with two attached hydrogens (primary N) is 1. The molecule has 0 unspecified atom stereocenters. The third kappa shape index (κ3) is 5.74. The number of hydrogen-bond acceptors (Lipinski definition) is 7. The molecule has 10 nitrogen and oxygen atoms in total. The topological polar surface area (TPSA) is 127 Å². The fourth-order valence-electron chi connectivity index (χ4n) is 5.06. The quantitative estimate of drug-likeness (QED) is 0.165. The zero-order chi connectivity index (χ0) is 29.8. The van der Waals surface area contributed by atoms with Crippen LogP contribution in [0.4, 0.5) is 22.0 Å². The normalized spacial score (nSPS) is 11.3. The number of para-hydroxylation sites is 1. The number of benzene rings is 2. The predicted molar refractivity (Wildman–Crippen MR) is 172 cm³/mol. The Morgan fingerprint density at radius 1 is 1.07 bits per heavy atom. The Kier molecular flexibility index (Phi) is 8.60. The van der Waals surface area contributed by atoms with Gasteiger partial charge in [-0.2, -0.15) is 0 Å². The molecule has 0 fully saturated rings. The number of carbonyl (C=O) groups excluding carboxylic acids is 2. The fourth-order valence-corrected chi connectivity index (χ4v) is 6.11. The minimum atomic E-state index is -0.294. The molecule has 0 aliphatic heterocycles. The van der Waals surface area contributed by atoms with Crippen molar-refractivity contribution in [2.45, 2.75) is 13.8 Å². The summed E-state index contributed by atoms with van der Waals surface area (Å²) < 4.78 is 8.36. The maximum absolute atomic E-state index is 13.2. The third-order valence-corrected chi connectivity index (χ3v) is 8.44. The Morgan fingerprint density at radius 3 is 2.60 bits per heavy atom. The molecule has 0 saturated heterocycles. The first-order valence-corrected chi connectivity index (χ1v) is 14.7. The van der Waals surface area contributed by atoms with Gasteiger partial charge in [0.1, 0.15) is 17.3 Å². The maximum atomic E-state index is 13.2. The Morgan fingerprint density at radius 2 is 1.86 bits per heavy atom. The van der Waals surface area contributed by atoms with Gasteiger partial charge in [0.05, 0.1) is 29.4 Å². The molecule has 5 aromatic rings. The average Bonchev–Trinajstić information content (AvgIpc) is 3.60. The fraction of sp³-hybridized carbons (Fsp3) is 0.258. The lowest BCUT2D eigenvalue weighted by Crippen LogP contribution is -2.36. The van der Waals surface area contributed by atoms with Gasteiger partial charge in [-0.3, -0.25) is 4.79 Å². The van der Waals surface area contributed by atoms with Gasteiger partial charge >= 0.3 is 6.03 Å². The van der Waals surface area contributed by atoms with Crippen molar-refractivity contribution in [1.29, 1.82) is 0 Å². The third-order valence-electron chi connectivity index (χ3n) is 7.43. The Balaban J connectivity index is 1.37. The minimum Gasteiger partial charge on any atom is -0.495 e. The number of nitrogens with one attached hydrogen (secondary N) is 3. The second kappa shape index (κ2) is 12.5. The Hall–Kier alpha value is -4.61. The van der Waals surface area contributed by atoms with Crippen LogP contribution in [0.3, 0.4) is 0 Å². The Bertz CT molecular complexity index is 1760. The molecule has 0 aliphatic rings. The highest BCUT2D eigenvalue weighted by molar-refractivity contribution is 7.18. The van der Waals surface area contributed by atoms with E-state index in [0.717, 1.165) is 51.8 Å². The second-order valence-corrected chi connectivity index (χ2v) is 10.7. The van der Waals surface area contributed by atoms with Crippen LogP contribution in [-0.2, 0) is 7.05 Å². The minimum absolute atomic E-state index is 0.236. The van der Waals surface area contributed by atoms with Gasteiger partial charge in [-0.05, 0) is 42.9 Å². The summed E-state index contributed by atoms with van der Waals surface area (Å²) in [6.45, 7) is 7.38. The van der Waals surface area contributed by atoms with Crippen molar-refractivity contribution in [2.75, 3.05) is 49.7 Å². The standard InChI is InChI=1S/C31H35N7O3S/c1-5-38(6-2)14-13-33-31(40)36-23-17-34-29(32)27-21(18-42-28(23)27)19-11-12-22(26(16-19)41-4)35-30(39)25-15-20-9-7-8-10-24(20)37(25)3/h7-12,15-18H,5-6,13-14H2,1-4H3,(H2,32,34)(H,35,39)(H2,33,36,40). The van der Waals surface area contributed by atoms with Gasteiger partial charge in [-0.25, -0.2) is 9.78 Å². The number of pyridine rings is 1. The number of anilines is 3. The number of aromatic nitrogens is 2. The number of amides is 3. The van der Waals surface area contributed by atoms with E-state index >= 15 is 0 Å². The van der Waals surface area contributed by atoms with E-state index in [1.807, 2.05) is 65.5 Å². The smallest absolute Gasteiger partial charge is 0.319 e. The number of aryl methyl sites for hydroxylation is 1. The van der Waals surface area contributed by atoms with Crippen LogP contribution in [0.5, 0.6) is 5.75 Å². The summed E-state index contributed by atoms with van der Waals surface area (Å²) in [5, 5.41) is 12.5. The molecule has 5 rings (SSSR count). The highest BCUT2D eigenvalue weighted by Gasteiger charge is 2.19. The zero-order valence-corrected chi connectivity index (χ0v) is 25.0. The number of thiophene rings is 1. The maximum Gasteiger partial charge on any atom is 0.319 e. The van der Waals surface area contributed by atoms with Crippen molar-refractivity contribution >= 4 is 61.5 Å².